The first-order valence-corrected chi connectivity index (χ1v) is 20.8. The van der Waals surface area contributed by atoms with Crippen molar-refractivity contribution >= 4 is 41.5 Å². The van der Waals surface area contributed by atoms with E-state index in [0.717, 1.165) is 11.1 Å². The fourth-order valence-corrected chi connectivity index (χ4v) is 6.96. The van der Waals surface area contributed by atoms with E-state index in [1.165, 1.54) is 24.1 Å². The van der Waals surface area contributed by atoms with E-state index in [1.54, 1.807) is 49.4 Å². The van der Waals surface area contributed by atoms with Crippen LogP contribution in [0.15, 0.2) is 84.9 Å². The minimum absolute atomic E-state index is 0.00779. The summed E-state index contributed by atoms with van der Waals surface area (Å²) < 4.78 is 0. The molecule has 328 valence electrons. The number of urea groups is 1. The van der Waals surface area contributed by atoms with Crippen molar-refractivity contribution in [3.8, 4) is 5.75 Å². The van der Waals surface area contributed by atoms with Crippen molar-refractivity contribution in [3.63, 3.8) is 0 Å². The number of carbonyl (C=O) groups is 7. The van der Waals surface area contributed by atoms with Crippen molar-refractivity contribution in [1.29, 1.82) is 0 Å². The van der Waals surface area contributed by atoms with Crippen LogP contribution in [0, 0.1) is 5.92 Å². The second-order valence-corrected chi connectivity index (χ2v) is 15.5. The second-order valence-electron chi connectivity index (χ2n) is 15.5. The number of phenols is 1. The summed E-state index contributed by atoms with van der Waals surface area (Å²) in [6, 6.07) is 17.9. The van der Waals surface area contributed by atoms with Gasteiger partial charge < -0.3 is 47.0 Å². The third kappa shape index (κ3) is 15.6. The van der Waals surface area contributed by atoms with Crippen molar-refractivity contribution in [1.82, 2.24) is 36.8 Å². The van der Waals surface area contributed by atoms with E-state index >= 15 is 0 Å². The number of aryl methyl sites for hydroxylation is 2. The highest BCUT2D eigenvalue weighted by atomic mass is 16.4. The number of amides is 7. The predicted octanol–water partition coefficient (Wildman–Crippen LogP) is 2.58. The molecule has 3 aromatic rings. The molecule has 4 rings (SSSR count). The van der Waals surface area contributed by atoms with Crippen LogP contribution >= 0.6 is 0 Å². The van der Waals surface area contributed by atoms with Crippen molar-refractivity contribution in [2.45, 2.75) is 102 Å². The lowest BCUT2D eigenvalue weighted by atomic mass is 9.96. The van der Waals surface area contributed by atoms with E-state index in [9.17, 15) is 43.8 Å². The van der Waals surface area contributed by atoms with Crippen molar-refractivity contribution in [2.24, 2.45) is 5.92 Å². The molecule has 1 saturated heterocycles. The van der Waals surface area contributed by atoms with Gasteiger partial charge in [0, 0.05) is 20.0 Å². The number of benzene rings is 3. The standard InChI is InChI=1S/C45H59N7O9/c1-4-29(2)39-42(57)48-36(25-21-30-13-7-5-8-14-30)43(58)52(3)28-38(54)47-35(24-20-31-18-22-33(53)23-19-31)40(55)46-26-12-11-17-34(41(56)51-39)49-45(61)50-37(44(59)60)27-32-15-9-6-10-16-32/h5-10,13-16,18-19,22-23,29,34-37,39,53H,4,11-12,17,20-21,24-28H2,1-3H3,(H,46,55)(H,47,54)(H,48,57)(H,51,56)(H,59,60)(H2,49,50,61). The molecule has 16 heteroatoms. The Morgan fingerprint density at radius 1 is 0.770 bits per heavy atom. The van der Waals surface area contributed by atoms with Gasteiger partial charge >= 0.3 is 12.0 Å². The average molecular weight is 842 g/mol. The van der Waals surface area contributed by atoms with Gasteiger partial charge in [-0.15, -0.1) is 0 Å². The molecule has 7 amide bonds. The van der Waals surface area contributed by atoms with Gasteiger partial charge in [0.05, 0.1) is 6.54 Å². The largest absolute Gasteiger partial charge is 0.508 e. The Kier molecular flexibility index (Phi) is 18.6. The molecule has 1 aliphatic rings. The summed E-state index contributed by atoms with van der Waals surface area (Å²) in [5.41, 5.74) is 2.42. The van der Waals surface area contributed by atoms with Crippen LogP contribution in [0.3, 0.4) is 0 Å². The molecule has 6 unspecified atom stereocenters. The average Bonchev–Trinajstić information content (AvgIpc) is 3.25. The van der Waals surface area contributed by atoms with Crippen molar-refractivity contribution in [3.05, 3.63) is 102 Å². The number of carboxylic acids is 1. The molecule has 0 bridgehead atoms. The molecular weight excluding hydrogens is 783 g/mol. The Hall–Kier alpha value is -6.45. The number of aliphatic carboxylic acids is 1. The SMILES string of the molecule is CCC(C)C1NC(=O)C(NC(=O)NC(Cc2ccccc2)C(=O)O)CCCCNC(=O)C(CCc2ccc(O)cc2)NC(=O)CN(C)C(=O)C(CCc2ccccc2)NC1=O. The number of hydrogen-bond acceptors (Lipinski definition) is 8. The lowest BCUT2D eigenvalue weighted by molar-refractivity contribution is -0.140. The molecule has 8 N–H and O–H groups in total. The van der Waals surface area contributed by atoms with Gasteiger partial charge in [0.2, 0.25) is 29.5 Å². The minimum atomic E-state index is -1.31. The van der Waals surface area contributed by atoms with Crippen molar-refractivity contribution in [2.75, 3.05) is 20.1 Å². The molecule has 6 atom stereocenters. The number of hydrogen-bond donors (Lipinski definition) is 8. The first kappa shape index (κ1) is 47.2. The van der Waals surface area contributed by atoms with Crippen LogP contribution in [0.2, 0.25) is 0 Å². The second kappa shape index (κ2) is 24.0. The van der Waals surface area contributed by atoms with Gasteiger partial charge in [0.15, 0.2) is 0 Å². The summed E-state index contributed by atoms with van der Waals surface area (Å²) in [4.78, 5) is 96.0. The van der Waals surface area contributed by atoms with E-state index in [0.29, 0.717) is 37.7 Å². The summed E-state index contributed by atoms with van der Waals surface area (Å²) in [7, 11) is 1.43. The van der Waals surface area contributed by atoms with Crippen LogP contribution in [0.5, 0.6) is 5.75 Å². The maximum Gasteiger partial charge on any atom is 0.326 e. The molecule has 1 fully saturated rings. The van der Waals surface area contributed by atoms with E-state index < -0.39 is 84.2 Å². The van der Waals surface area contributed by atoms with Crippen LogP contribution in [-0.4, -0.2) is 107 Å². The van der Waals surface area contributed by atoms with Gasteiger partial charge in [0.25, 0.3) is 0 Å². The molecule has 61 heavy (non-hydrogen) atoms. The maximum atomic E-state index is 14.1. The van der Waals surface area contributed by atoms with Crippen LogP contribution in [-0.2, 0) is 48.0 Å². The summed E-state index contributed by atoms with van der Waals surface area (Å²) >= 11 is 0. The highest BCUT2D eigenvalue weighted by Gasteiger charge is 2.34. The zero-order valence-electron chi connectivity index (χ0n) is 35.0. The van der Waals surface area contributed by atoms with E-state index in [1.807, 2.05) is 37.3 Å². The van der Waals surface area contributed by atoms with Crippen LogP contribution in [0.25, 0.3) is 0 Å². The number of nitrogens with zero attached hydrogens (tertiary/aromatic N) is 1. The quantitative estimate of drug-likeness (QED) is 0.126. The summed E-state index contributed by atoms with van der Waals surface area (Å²) in [6.45, 7) is 3.36. The highest BCUT2D eigenvalue weighted by molar-refractivity contribution is 5.96. The molecule has 0 aromatic heterocycles. The number of rotatable bonds is 13. The molecule has 3 aromatic carbocycles. The molecule has 0 radical (unpaired) electrons. The number of likely N-dealkylation sites (N-methyl/N-ethyl adjacent to an activating group) is 1. The lowest BCUT2D eigenvalue weighted by Gasteiger charge is -2.30. The zero-order chi connectivity index (χ0) is 44.3. The number of carbonyl (C=O) groups excluding carboxylic acids is 6. The summed E-state index contributed by atoms with van der Waals surface area (Å²) in [5.74, 6) is -4.54. The Labute approximate surface area is 356 Å². The summed E-state index contributed by atoms with van der Waals surface area (Å²) in [6.07, 6.45) is 2.35. The normalized spacial score (nSPS) is 20.9. The van der Waals surface area contributed by atoms with Crippen LogP contribution < -0.4 is 31.9 Å². The number of phenolic OH excluding ortho intramolecular Hbond substituents is 1. The summed E-state index contributed by atoms with van der Waals surface area (Å²) in [5, 5.41) is 35.9. The van der Waals surface area contributed by atoms with E-state index in [-0.39, 0.29) is 38.0 Å². The number of aromatic hydroxyl groups is 1. The van der Waals surface area contributed by atoms with Gasteiger partial charge in [-0.1, -0.05) is 93.1 Å². The fourth-order valence-electron chi connectivity index (χ4n) is 6.96. The molecule has 1 aliphatic heterocycles. The Morgan fingerprint density at radius 3 is 2.00 bits per heavy atom. The maximum absolute atomic E-state index is 14.1. The minimum Gasteiger partial charge on any atom is -0.508 e. The monoisotopic (exact) mass is 841 g/mol. The molecule has 0 saturated carbocycles. The molecule has 16 nitrogen and oxygen atoms in total. The topological polar surface area (TPSA) is 235 Å². The predicted molar refractivity (Wildman–Crippen MR) is 228 cm³/mol. The highest BCUT2D eigenvalue weighted by Crippen LogP contribution is 2.15. The number of carboxylic acid groups (broad SMARTS) is 1. The van der Waals surface area contributed by atoms with Crippen molar-refractivity contribution < 1.29 is 43.8 Å². The van der Waals surface area contributed by atoms with Crippen LogP contribution in [0.4, 0.5) is 4.79 Å². The van der Waals surface area contributed by atoms with Crippen LogP contribution in [0.1, 0.15) is 69.1 Å². The van der Waals surface area contributed by atoms with E-state index in [4.69, 9.17) is 0 Å². The van der Waals surface area contributed by atoms with Gasteiger partial charge in [0.1, 0.15) is 36.0 Å². The Bertz CT molecular complexity index is 1930. The Morgan fingerprint density at radius 2 is 1.38 bits per heavy atom. The van der Waals surface area contributed by atoms with E-state index in [2.05, 4.69) is 31.9 Å². The number of nitrogens with one attached hydrogen (secondary N) is 6. The van der Waals surface area contributed by atoms with Gasteiger partial charge in [-0.3, -0.25) is 24.0 Å². The van der Waals surface area contributed by atoms with Gasteiger partial charge in [-0.25, -0.2) is 9.59 Å². The molecular formula is C45H59N7O9. The Balaban J connectivity index is 1.61. The lowest BCUT2D eigenvalue weighted by Crippen LogP contribution is -2.60. The zero-order valence-corrected chi connectivity index (χ0v) is 35.0. The van der Waals surface area contributed by atoms with Gasteiger partial charge in [-0.2, -0.15) is 0 Å². The third-order valence-electron chi connectivity index (χ3n) is 10.8. The van der Waals surface area contributed by atoms with Gasteiger partial charge in [-0.05, 0) is 79.7 Å². The first-order valence-electron chi connectivity index (χ1n) is 20.8. The molecule has 0 aliphatic carbocycles. The fraction of sp³-hybridized carbons (Fsp3) is 0.444. The smallest absolute Gasteiger partial charge is 0.326 e. The molecule has 0 spiro atoms. The molecule has 1 heterocycles. The first-order chi connectivity index (χ1) is 29.2. The third-order valence-corrected chi connectivity index (χ3v) is 10.8.